The normalized spacial score (nSPS) is 21.4. The highest BCUT2D eigenvalue weighted by Crippen LogP contribution is 2.28. The number of hydrogen-bond acceptors (Lipinski definition) is 4. The van der Waals surface area contributed by atoms with E-state index in [0.29, 0.717) is 24.4 Å². The Morgan fingerprint density at radius 1 is 1.25 bits per heavy atom. The summed E-state index contributed by atoms with van der Waals surface area (Å²) >= 11 is 0. The fourth-order valence-electron chi connectivity index (χ4n) is 3.25. The van der Waals surface area contributed by atoms with E-state index in [2.05, 4.69) is 15.5 Å². The molecule has 2 amide bonds. The van der Waals surface area contributed by atoms with Crippen LogP contribution in [0.5, 0.6) is 0 Å². The van der Waals surface area contributed by atoms with Crippen molar-refractivity contribution in [1.82, 2.24) is 15.5 Å². The van der Waals surface area contributed by atoms with Crippen LogP contribution in [-0.4, -0.2) is 43.1 Å². The summed E-state index contributed by atoms with van der Waals surface area (Å²) in [6, 6.07) is 8.73. The van der Waals surface area contributed by atoms with Crippen molar-refractivity contribution in [2.45, 2.75) is 25.8 Å². The summed E-state index contributed by atoms with van der Waals surface area (Å²) in [5.74, 6) is -0.381. The average molecular weight is 329 g/mol. The minimum Gasteiger partial charge on any atom is -0.463 e. The van der Waals surface area contributed by atoms with Crippen LogP contribution in [0.4, 0.5) is 4.79 Å². The van der Waals surface area contributed by atoms with Gasteiger partial charge in [-0.15, -0.1) is 0 Å². The number of nitrogens with one attached hydrogen (secondary N) is 2. The molecule has 0 saturated carbocycles. The highest BCUT2D eigenvalue weighted by molar-refractivity contribution is 5.95. The maximum Gasteiger partial charge on any atom is 0.338 e. The molecule has 1 atom stereocenters. The predicted octanol–water partition coefficient (Wildman–Crippen LogP) is 1.95. The molecule has 6 heteroatoms. The van der Waals surface area contributed by atoms with Crippen molar-refractivity contribution in [3.63, 3.8) is 0 Å². The number of amides is 2. The van der Waals surface area contributed by atoms with Crippen molar-refractivity contribution in [3.05, 3.63) is 47.2 Å². The molecule has 0 radical (unpaired) electrons. The zero-order valence-corrected chi connectivity index (χ0v) is 13.9. The van der Waals surface area contributed by atoms with Crippen LogP contribution >= 0.6 is 0 Å². The Labute approximate surface area is 141 Å². The molecule has 3 rings (SSSR count). The molecule has 1 unspecified atom stereocenters. The molecule has 1 saturated heterocycles. The number of benzene rings is 1. The molecule has 1 aromatic carbocycles. The van der Waals surface area contributed by atoms with Gasteiger partial charge in [-0.2, -0.15) is 0 Å². The number of carbonyl (C=O) groups excluding carboxylic acids is 2. The third kappa shape index (κ3) is 3.59. The van der Waals surface area contributed by atoms with Gasteiger partial charge in [0.15, 0.2) is 0 Å². The second-order valence-electron chi connectivity index (χ2n) is 6.04. The maximum absolute atomic E-state index is 12.6. The van der Waals surface area contributed by atoms with E-state index in [9.17, 15) is 9.59 Å². The lowest BCUT2D eigenvalue weighted by atomic mass is 9.95. The molecule has 128 valence electrons. The Balaban J connectivity index is 1.98. The lowest BCUT2D eigenvalue weighted by Gasteiger charge is -2.31. The zero-order chi connectivity index (χ0) is 16.9. The van der Waals surface area contributed by atoms with E-state index >= 15 is 0 Å². The third-order valence-electron chi connectivity index (χ3n) is 4.36. The van der Waals surface area contributed by atoms with Crippen LogP contribution in [0.2, 0.25) is 0 Å². The standard InChI is InChI=1S/C18H23N3O3/c1-2-24-17(22)15-14(12-21-10-6-7-11-21)19-18(23)20-16(15)13-8-4-3-5-9-13/h3-5,8-9,16H,2,6-7,10-12H2,1H3,(H2,19,20,23). The van der Waals surface area contributed by atoms with E-state index in [-0.39, 0.29) is 12.0 Å². The van der Waals surface area contributed by atoms with E-state index in [0.717, 1.165) is 31.5 Å². The summed E-state index contributed by atoms with van der Waals surface area (Å²) in [5, 5.41) is 5.67. The number of esters is 1. The molecule has 1 fully saturated rings. The quantitative estimate of drug-likeness (QED) is 0.810. The van der Waals surface area contributed by atoms with Crippen LogP contribution in [0, 0.1) is 0 Å². The van der Waals surface area contributed by atoms with E-state index in [1.54, 1.807) is 6.92 Å². The van der Waals surface area contributed by atoms with Gasteiger partial charge in [0, 0.05) is 12.2 Å². The van der Waals surface area contributed by atoms with Crippen molar-refractivity contribution in [2.24, 2.45) is 0 Å². The minimum atomic E-state index is -0.489. The van der Waals surface area contributed by atoms with Crippen LogP contribution in [0.15, 0.2) is 41.6 Å². The molecule has 0 spiro atoms. The predicted molar refractivity (Wildman–Crippen MR) is 90.2 cm³/mol. The summed E-state index contributed by atoms with van der Waals surface area (Å²) in [7, 11) is 0. The Morgan fingerprint density at radius 2 is 1.96 bits per heavy atom. The van der Waals surface area contributed by atoms with E-state index in [1.807, 2.05) is 30.3 Å². The van der Waals surface area contributed by atoms with Crippen molar-refractivity contribution >= 4 is 12.0 Å². The van der Waals surface area contributed by atoms with Gasteiger partial charge in [-0.05, 0) is 38.4 Å². The number of nitrogens with zero attached hydrogens (tertiary/aromatic N) is 1. The van der Waals surface area contributed by atoms with Crippen LogP contribution in [0.25, 0.3) is 0 Å². The van der Waals surface area contributed by atoms with Crippen molar-refractivity contribution in [3.8, 4) is 0 Å². The van der Waals surface area contributed by atoms with Gasteiger partial charge < -0.3 is 15.4 Å². The summed E-state index contributed by atoms with van der Waals surface area (Å²) in [6.45, 7) is 4.61. The molecule has 1 aromatic rings. The molecule has 24 heavy (non-hydrogen) atoms. The average Bonchev–Trinajstić information content (AvgIpc) is 3.08. The Morgan fingerprint density at radius 3 is 2.62 bits per heavy atom. The first-order valence-electron chi connectivity index (χ1n) is 8.44. The lowest BCUT2D eigenvalue weighted by molar-refractivity contribution is -0.139. The molecule has 2 aliphatic rings. The second-order valence-corrected chi connectivity index (χ2v) is 6.04. The fraction of sp³-hybridized carbons (Fsp3) is 0.444. The van der Waals surface area contributed by atoms with Crippen LogP contribution < -0.4 is 10.6 Å². The topological polar surface area (TPSA) is 70.7 Å². The highest BCUT2D eigenvalue weighted by atomic mass is 16.5. The monoisotopic (exact) mass is 329 g/mol. The molecular formula is C18H23N3O3. The Hall–Kier alpha value is -2.34. The highest BCUT2D eigenvalue weighted by Gasteiger charge is 2.34. The SMILES string of the molecule is CCOC(=O)C1=C(CN2CCCC2)NC(=O)NC1c1ccccc1. The van der Waals surface area contributed by atoms with Gasteiger partial charge in [-0.3, -0.25) is 4.90 Å². The number of urea groups is 1. The summed E-state index contributed by atoms with van der Waals surface area (Å²) in [6.07, 6.45) is 2.30. The van der Waals surface area contributed by atoms with Gasteiger partial charge in [-0.1, -0.05) is 30.3 Å². The van der Waals surface area contributed by atoms with E-state index < -0.39 is 6.04 Å². The molecule has 2 N–H and O–H groups in total. The minimum absolute atomic E-state index is 0.286. The van der Waals surface area contributed by atoms with Gasteiger partial charge in [0.1, 0.15) is 0 Å². The van der Waals surface area contributed by atoms with Crippen LogP contribution in [-0.2, 0) is 9.53 Å². The van der Waals surface area contributed by atoms with Crippen LogP contribution in [0.1, 0.15) is 31.4 Å². The summed E-state index contributed by atoms with van der Waals surface area (Å²) in [4.78, 5) is 27.0. The van der Waals surface area contributed by atoms with Crippen LogP contribution in [0.3, 0.4) is 0 Å². The molecule has 2 aliphatic heterocycles. The second kappa shape index (κ2) is 7.49. The number of rotatable bonds is 5. The molecular weight excluding hydrogens is 306 g/mol. The van der Waals surface area contributed by atoms with Gasteiger partial charge in [0.2, 0.25) is 0 Å². The number of ether oxygens (including phenoxy) is 1. The smallest absolute Gasteiger partial charge is 0.338 e. The molecule has 6 nitrogen and oxygen atoms in total. The molecule has 0 bridgehead atoms. The first kappa shape index (κ1) is 16.5. The first-order chi connectivity index (χ1) is 11.7. The van der Waals surface area contributed by atoms with Gasteiger partial charge in [0.05, 0.1) is 18.2 Å². The third-order valence-corrected chi connectivity index (χ3v) is 4.36. The van der Waals surface area contributed by atoms with Gasteiger partial charge in [0.25, 0.3) is 0 Å². The van der Waals surface area contributed by atoms with Gasteiger partial charge >= 0.3 is 12.0 Å². The van der Waals surface area contributed by atoms with Crippen molar-refractivity contribution in [2.75, 3.05) is 26.2 Å². The molecule has 0 aromatic heterocycles. The number of likely N-dealkylation sites (tertiary alicyclic amines) is 1. The van der Waals surface area contributed by atoms with Crippen molar-refractivity contribution in [1.29, 1.82) is 0 Å². The first-order valence-corrected chi connectivity index (χ1v) is 8.44. The summed E-state index contributed by atoms with van der Waals surface area (Å²) < 4.78 is 5.26. The number of hydrogen-bond donors (Lipinski definition) is 2. The van der Waals surface area contributed by atoms with E-state index in [4.69, 9.17) is 4.74 Å². The van der Waals surface area contributed by atoms with Gasteiger partial charge in [-0.25, -0.2) is 9.59 Å². The fourth-order valence-corrected chi connectivity index (χ4v) is 3.25. The zero-order valence-electron chi connectivity index (χ0n) is 13.9. The molecule has 2 heterocycles. The molecule has 0 aliphatic carbocycles. The maximum atomic E-state index is 12.6. The Bertz CT molecular complexity index is 636. The van der Waals surface area contributed by atoms with Crippen molar-refractivity contribution < 1.29 is 14.3 Å². The largest absolute Gasteiger partial charge is 0.463 e. The van der Waals surface area contributed by atoms with E-state index in [1.165, 1.54) is 0 Å². The lowest BCUT2D eigenvalue weighted by Crippen LogP contribution is -2.48. The Kier molecular flexibility index (Phi) is 5.15. The number of carbonyl (C=O) groups is 2. The summed E-state index contributed by atoms with van der Waals surface area (Å²) in [5.41, 5.74) is 2.01.